The van der Waals surface area contributed by atoms with Crippen LogP contribution in [0.4, 0.5) is 4.79 Å². The van der Waals surface area contributed by atoms with Crippen molar-refractivity contribution in [1.82, 2.24) is 15.0 Å². The number of carbonyl (C=O) groups is 2. The molecule has 2 aromatic heterocycles. The number of hydrogen-bond donors (Lipinski definition) is 1. The van der Waals surface area contributed by atoms with Gasteiger partial charge in [-0.05, 0) is 51.7 Å². The van der Waals surface area contributed by atoms with Crippen LogP contribution in [0.2, 0.25) is 0 Å². The molecule has 2 saturated carbocycles. The van der Waals surface area contributed by atoms with Crippen molar-refractivity contribution >= 4 is 12.1 Å². The Hall–Kier alpha value is -3.10. The fourth-order valence-electron chi connectivity index (χ4n) is 5.19. The first-order chi connectivity index (χ1) is 16.8. The van der Waals surface area contributed by atoms with Crippen LogP contribution < -0.4 is 4.74 Å². The van der Waals surface area contributed by atoms with E-state index in [4.69, 9.17) is 14.0 Å². The number of nitrogens with zero attached hydrogens (tertiary/aromatic N) is 3. The Morgan fingerprint density at radius 3 is 2.51 bits per heavy atom. The Morgan fingerprint density at radius 2 is 1.80 bits per heavy atom. The lowest BCUT2D eigenvalue weighted by molar-refractivity contribution is -0.145. The van der Waals surface area contributed by atoms with Crippen LogP contribution in [0, 0.1) is 25.7 Å². The first kappa shape index (κ1) is 25.0. The Morgan fingerprint density at radius 1 is 1.09 bits per heavy atom. The molecule has 0 saturated heterocycles. The van der Waals surface area contributed by atoms with Gasteiger partial charge in [-0.15, -0.1) is 0 Å². The van der Waals surface area contributed by atoms with Gasteiger partial charge in [0.1, 0.15) is 18.1 Å². The SMILES string of the molecule is Cc1nc(-c2onc(C)c2COC(=O)N(C)C2CCCC2)ccc1OCC1CCCCC1C(=O)O. The van der Waals surface area contributed by atoms with E-state index in [0.717, 1.165) is 44.9 Å². The van der Waals surface area contributed by atoms with Crippen LogP contribution >= 0.6 is 0 Å². The average molecular weight is 486 g/mol. The first-order valence-corrected chi connectivity index (χ1v) is 12.5. The normalized spacial score (nSPS) is 20.5. The van der Waals surface area contributed by atoms with Gasteiger partial charge < -0.3 is 24.0 Å². The van der Waals surface area contributed by atoms with Crippen LogP contribution in [-0.4, -0.2) is 51.9 Å². The number of hydrogen-bond acceptors (Lipinski definition) is 7. The number of carboxylic acids is 1. The fraction of sp³-hybridized carbons (Fsp3) is 0.615. The molecule has 0 radical (unpaired) electrons. The van der Waals surface area contributed by atoms with Gasteiger partial charge in [0.25, 0.3) is 0 Å². The van der Waals surface area contributed by atoms with Crippen LogP contribution in [0.15, 0.2) is 16.7 Å². The van der Waals surface area contributed by atoms with Crippen LogP contribution in [0.5, 0.6) is 5.75 Å². The molecular weight excluding hydrogens is 450 g/mol. The van der Waals surface area contributed by atoms with E-state index in [1.165, 1.54) is 0 Å². The van der Waals surface area contributed by atoms with Crippen molar-refractivity contribution < 1.29 is 28.7 Å². The molecule has 2 aliphatic rings. The van der Waals surface area contributed by atoms with Gasteiger partial charge in [0.05, 0.1) is 29.5 Å². The highest BCUT2D eigenvalue weighted by Crippen LogP contribution is 2.32. The second-order valence-corrected chi connectivity index (χ2v) is 9.76. The van der Waals surface area contributed by atoms with Crippen LogP contribution in [0.25, 0.3) is 11.5 Å². The molecule has 2 unspecified atom stereocenters. The lowest BCUT2D eigenvalue weighted by atomic mass is 9.80. The molecule has 9 nitrogen and oxygen atoms in total. The molecule has 0 aromatic carbocycles. The largest absolute Gasteiger partial charge is 0.491 e. The van der Waals surface area contributed by atoms with E-state index in [1.807, 2.05) is 19.9 Å². The molecule has 2 atom stereocenters. The van der Waals surface area contributed by atoms with E-state index in [9.17, 15) is 14.7 Å². The molecule has 1 N–H and O–H groups in total. The number of aromatic nitrogens is 2. The summed E-state index contributed by atoms with van der Waals surface area (Å²) < 4.78 is 17.1. The zero-order chi connectivity index (χ0) is 24.9. The molecule has 0 spiro atoms. The lowest BCUT2D eigenvalue weighted by Crippen LogP contribution is -2.35. The Balaban J connectivity index is 1.41. The Bertz CT molecular complexity index is 1050. The third kappa shape index (κ3) is 5.77. The van der Waals surface area contributed by atoms with Crippen molar-refractivity contribution in [2.45, 2.75) is 77.9 Å². The molecule has 9 heteroatoms. The van der Waals surface area contributed by atoms with Crippen molar-refractivity contribution in [2.24, 2.45) is 11.8 Å². The highest BCUT2D eigenvalue weighted by atomic mass is 16.6. The predicted octanol–water partition coefficient (Wildman–Crippen LogP) is 5.13. The number of ether oxygens (including phenoxy) is 2. The average Bonchev–Trinajstić information content (AvgIpc) is 3.51. The summed E-state index contributed by atoms with van der Waals surface area (Å²) >= 11 is 0. The van der Waals surface area contributed by atoms with Crippen molar-refractivity contribution in [2.75, 3.05) is 13.7 Å². The standard InChI is InChI=1S/C26H35N3O6/c1-16-21(15-34-26(32)29(3)19-9-5-6-10-19)24(35-28-16)22-12-13-23(17(2)27-22)33-14-18-8-4-7-11-20(18)25(30)31/h12-13,18-20H,4-11,14-15H2,1-3H3,(H,30,31). The zero-order valence-electron chi connectivity index (χ0n) is 20.8. The van der Waals surface area contributed by atoms with Crippen LogP contribution in [-0.2, 0) is 16.1 Å². The number of aryl methyl sites for hydroxylation is 2. The fourth-order valence-corrected chi connectivity index (χ4v) is 5.19. The smallest absolute Gasteiger partial charge is 0.410 e. The van der Waals surface area contributed by atoms with E-state index in [0.29, 0.717) is 47.2 Å². The van der Waals surface area contributed by atoms with Gasteiger partial charge >= 0.3 is 12.1 Å². The highest BCUT2D eigenvalue weighted by Gasteiger charge is 2.31. The van der Waals surface area contributed by atoms with Crippen molar-refractivity contribution in [1.29, 1.82) is 0 Å². The number of pyridine rings is 1. The maximum Gasteiger partial charge on any atom is 0.410 e. The summed E-state index contributed by atoms with van der Waals surface area (Å²) in [6.45, 7) is 4.06. The van der Waals surface area contributed by atoms with Gasteiger partial charge in [0.2, 0.25) is 0 Å². The van der Waals surface area contributed by atoms with Gasteiger partial charge in [0.15, 0.2) is 5.76 Å². The summed E-state index contributed by atoms with van der Waals surface area (Å²) in [6, 6.07) is 3.84. The summed E-state index contributed by atoms with van der Waals surface area (Å²) in [5.41, 5.74) is 2.58. The van der Waals surface area contributed by atoms with E-state index >= 15 is 0 Å². The number of carbonyl (C=O) groups excluding carboxylic acids is 1. The maximum absolute atomic E-state index is 12.5. The predicted molar refractivity (Wildman–Crippen MR) is 128 cm³/mol. The summed E-state index contributed by atoms with van der Waals surface area (Å²) in [5.74, 6) is -0.0169. The molecular formula is C26H35N3O6. The van der Waals surface area contributed by atoms with E-state index < -0.39 is 5.97 Å². The molecule has 35 heavy (non-hydrogen) atoms. The van der Waals surface area contributed by atoms with E-state index in [1.54, 1.807) is 18.0 Å². The Labute approximate surface area is 205 Å². The van der Waals surface area contributed by atoms with Gasteiger partial charge in [0, 0.05) is 19.0 Å². The summed E-state index contributed by atoms with van der Waals surface area (Å²) in [5, 5.41) is 13.6. The number of aliphatic carboxylic acids is 1. The summed E-state index contributed by atoms with van der Waals surface area (Å²) in [7, 11) is 1.79. The summed E-state index contributed by atoms with van der Waals surface area (Å²) in [6.07, 6.45) is 7.50. The topological polar surface area (TPSA) is 115 Å². The first-order valence-electron chi connectivity index (χ1n) is 12.5. The van der Waals surface area contributed by atoms with Crippen molar-refractivity contribution in [3.05, 3.63) is 29.1 Å². The second kappa shape index (κ2) is 11.1. The van der Waals surface area contributed by atoms with E-state index in [2.05, 4.69) is 10.1 Å². The molecule has 4 rings (SSSR count). The molecule has 2 heterocycles. The minimum absolute atomic E-state index is 0.000836. The molecule has 0 bridgehead atoms. The van der Waals surface area contributed by atoms with Crippen molar-refractivity contribution in [3.63, 3.8) is 0 Å². The summed E-state index contributed by atoms with van der Waals surface area (Å²) in [4.78, 5) is 30.4. The molecule has 0 aliphatic heterocycles. The molecule has 190 valence electrons. The van der Waals surface area contributed by atoms with Crippen molar-refractivity contribution in [3.8, 4) is 17.2 Å². The van der Waals surface area contributed by atoms with Gasteiger partial charge in [-0.1, -0.05) is 30.8 Å². The minimum atomic E-state index is -0.744. The number of carboxylic acid groups (broad SMARTS) is 1. The molecule has 1 amide bonds. The Kier molecular flexibility index (Phi) is 7.93. The zero-order valence-corrected chi connectivity index (χ0v) is 20.8. The van der Waals surface area contributed by atoms with Crippen LogP contribution in [0.1, 0.15) is 68.3 Å². The third-order valence-corrected chi connectivity index (χ3v) is 7.43. The maximum atomic E-state index is 12.5. The number of amides is 1. The second-order valence-electron chi connectivity index (χ2n) is 9.76. The van der Waals surface area contributed by atoms with Gasteiger partial charge in [-0.2, -0.15) is 0 Å². The molecule has 2 aromatic rings. The lowest BCUT2D eigenvalue weighted by Gasteiger charge is -2.28. The van der Waals surface area contributed by atoms with Gasteiger partial charge in [-0.25, -0.2) is 9.78 Å². The molecule has 2 aliphatic carbocycles. The third-order valence-electron chi connectivity index (χ3n) is 7.43. The van der Waals surface area contributed by atoms with Gasteiger partial charge in [-0.3, -0.25) is 4.79 Å². The highest BCUT2D eigenvalue weighted by molar-refractivity contribution is 5.70. The quantitative estimate of drug-likeness (QED) is 0.547. The number of rotatable bonds is 8. The monoisotopic (exact) mass is 485 g/mol. The minimum Gasteiger partial charge on any atom is -0.491 e. The van der Waals surface area contributed by atoms with E-state index in [-0.39, 0.29) is 30.6 Å². The van der Waals surface area contributed by atoms with Crippen LogP contribution in [0.3, 0.4) is 0 Å². The molecule has 2 fully saturated rings.